The van der Waals surface area contributed by atoms with Gasteiger partial charge in [-0.05, 0) is 35.7 Å². The van der Waals surface area contributed by atoms with Crippen LogP contribution in [-0.2, 0) is 15.2 Å². The summed E-state index contributed by atoms with van der Waals surface area (Å²) >= 11 is -3.69. The second-order valence-corrected chi connectivity index (χ2v) is 12.2. The van der Waals surface area contributed by atoms with Gasteiger partial charge in [-0.1, -0.05) is 89.3 Å². The first-order chi connectivity index (χ1) is 14.8. The maximum absolute atomic E-state index is 6.43. The fourth-order valence-electron chi connectivity index (χ4n) is 3.18. The monoisotopic (exact) mass is 450 g/mol. The van der Waals surface area contributed by atoms with E-state index in [-0.39, 0.29) is 4.78 Å². The third kappa shape index (κ3) is 12.9. The third-order valence-electron chi connectivity index (χ3n) is 5.17. The third-order valence-corrected chi connectivity index (χ3v) is 10.3. The minimum absolute atomic E-state index is 0.278. The number of hydrogen-bond acceptors (Lipinski definition) is 4. The molecule has 170 valence electrons. The van der Waals surface area contributed by atoms with Crippen molar-refractivity contribution in [3.63, 3.8) is 0 Å². The molecule has 4 nitrogen and oxygen atoms in total. The minimum atomic E-state index is -1.90. The molecule has 0 aliphatic rings. The van der Waals surface area contributed by atoms with Gasteiger partial charge >= 0.3 is 29.6 Å². The Labute approximate surface area is 195 Å². The quantitative estimate of drug-likeness (QED) is 0.167. The summed E-state index contributed by atoms with van der Waals surface area (Å²) < 4.78 is 25.7. The van der Waals surface area contributed by atoms with Gasteiger partial charge in [-0.2, -0.15) is 0 Å². The van der Waals surface area contributed by atoms with E-state index >= 15 is 0 Å². The largest absolute Gasteiger partial charge is 0.681 e. The van der Waals surface area contributed by atoms with Crippen molar-refractivity contribution in [3.05, 3.63) is 35.9 Å². The molecule has 0 heterocycles. The predicted octanol–water partition coefficient (Wildman–Crippen LogP) is 6.55. The lowest BCUT2D eigenvalue weighted by atomic mass is 10.2. The molecular weight excluding hydrogens is 406 g/mol. The first kappa shape index (κ1) is 28.2. The van der Waals surface area contributed by atoms with Crippen molar-refractivity contribution < 1.29 is 15.2 Å². The van der Waals surface area contributed by atoms with E-state index < -0.39 is 29.6 Å². The molecule has 0 aliphatic heterocycles. The van der Waals surface area contributed by atoms with Gasteiger partial charge in [-0.15, -0.1) is 0 Å². The van der Waals surface area contributed by atoms with Crippen LogP contribution in [0.2, 0.25) is 5.28 Å². The van der Waals surface area contributed by atoms with Crippen molar-refractivity contribution in [1.82, 2.24) is 0 Å². The van der Waals surface area contributed by atoms with Crippen molar-refractivity contribution in [3.8, 4) is 0 Å². The molecule has 0 bridgehead atoms. The summed E-state index contributed by atoms with van der Waals surface area (Å²) in [6, 6.07) is 10.8. The SMILES string of the molecule is CCCC[O][Al]([CH2][CH](c1ccccc1)[Al]([O]CCCC)[O]CCCC)[O]CCCC. The van der Waals surface area contributed by atoms with E-state index in [1.165, 1.54) is 5.56 Å². The maximum Gasteiger partial charge on any atom is 0.681 e. The summed E-state index contributed by atoms with van der Waals surface area (Å²) in [5.41, 5.74) is 1.32. The van der Waals surface area contributed by atoms with Gasteiger partial charge in [-0.25, -0.2) is 0 Å². The van der Waals surface area contributed by atoms with Crippen molar-refractivity contribution in [2.75, 3.05) is 26.4 Å². The number of benzene rings is 1. The van der Waals surface area contributed by atoms with Gasteiger partial charge in [0.1, 0.15) is 0 Å². The highest BCUT2D eigenvalue weighted by molar-refractivity contribution is 6.52. The molecule has 0 aromatic heterocycles. The van der Waals surface area contributed by atoms with E-state index in [4.69, 9.17) is 15.2 Å². The molecule has 0 spiro atoms. The highest BCUT2D eigenvalue weighted by atomic mass is 27.2. The molecule has 1 rings (SSSR count). The zero-order chi connectivity index (χ0) is 21.9. The number of rotatable bonds is 20. The molecule has 0 fully saturated rings. The van der Waals surface area contributed by atoms with E-state index in [9.17, 15) is 0 Å². The van der Waals surface area contributed by atoms with E-state index in [0.29, 0.717) is 0 Å². The molecular formula is C24H44Al2O4. The summed E-state index contributed by atoms with van der Waals surface area (Å²) in [5.74, 6) is 0. The molecule has 1 aromatic carbocycles. The van der Waals surface area contributed by atoms with Gasteiger partial charge in [0.25, 0.3) is 0 Å². The molecule has 0 aliphatic carbocycles. The maximum atomic E-state index is 6.43. The van der Waals surface area contributed by atoms with Crippen LogP contribution in [0.4, 0.5) is 0 Å². The van der Waals surface area contributed by atoms with Crippen LogP contribution >= 0.6 is 0 Å². The van der Waals surface area contributed by atoms with E-state index in [1.807, 2.05) is 0 Å². The summed E-state index contributed by atoms with van der Waals surface area (Å²) in [6.07, 6.45) is 8.94. The van der Waals surface area contributed by atoms with Crippen LogP contribution < -0.4 is 0 Å². The van der Waals surface area contributed by atoms with Crippen LogP contribution in [0.15, 0.2) is 30.3 Å². The van der Waals surface area contributed by atoms with Gasteiger partial charge in [0.2, 0.25) is 0 Å². The van der Waals surface area contributed by atoms with Crippen molar-refractivity contribution >= 4 is 29.6 Å². The van der Waals surface area contributed by atoms with Crippen LogP contribution in [0.1, 0.15) is 89.4 Å². The molecule has 30 heavy (non-hydrogen) atoms. The predicted molar refractivity (Wildman–Crippen MR) is 129 cm³/mol. The second-order valence-electron chi connectivity index (χ2n) is 7.95. The standard InChI is InChI=1S/C8H8.4C4H9O.2Al/c1-2-8-6-4-3-5-7-8;4*1-2-3-4-5;;/h2-7H,1H2;4*2-4H2,1H3;;/q;4*-1;2*+2. The van der Waals surface area contributed by atoms with Crippen LogP contribution in [0.3, 0.4) is 0 Å². The Hall–Kier alpha value is 0.125. The van der Waals surface area contributed by atoms with Crippen LogP contribution in [0.5, 0.6) is 0 Å². The normalized spacial score (nSPS) is 12.1. The summed E-state index contributed by atoms with van der Waals surface area (Å²) in [7, 11) is 0. The fourth-order valence-corrected chi connectivity index (χ4v) is 8.55. The van der Waals surface area contributed by atoms with Gasteiger partial charge in [-0.3, -0.25) is 0 Å². The topological polar surface area (TPSA) is 36.9 Å². The molecule has 1 unspecified atom stereocenters. The van der Waals surface area contributed by atoms with E-state index in [0.717, 1.165) is 83.1 Å². The molecule has 0 saturated carbocycles. The number of unbranched alkanes of at least 4 members (excludes halogenated alkanes) is 4. The lowest BCUT2D eigenvalue weighted by Crippen LogP contribution is -2.37. The Morgan fingerprint density at radius 1 is 0.633 bits per heavy atom. The van der Waals surface area contributed by atoms with Gasteiger partial charge < -0.3 is 15.2 Å². The minimum Gasteiger partial charge on any atom is -0.478 e. The molecule has 1 atom stereocenters. The average molecular weight is 451 g/mol. The second kappa shape index (κ2) is 19.8. The van der Waals surface area contributed by atoms with Crippen molar-refractivity contribution in [2.45, 2.75) is 89.1 Å². The fraction of sp³-hybridized carbons (Fsp3) is 0.750. The molecule has 0 N–H and O–H groups in total. The molecule has 1 aromatic rings. The molecule has 6 heteroatoms. The zero-order valence-electron chi connectivity index (χ0n) is 19.9. The lowest BCUT2D eigenvalue weighted by molar-refractivity contribution is 0.174. The van der Waals surface area contributed by atoms with Crippen molar-refractivity contribution in [2.24, 2.45) is 0 Å². The number of hydrogen-bond donors (Lipinski definition) is 0. The van der Waals surface area contributed by atoms with Gasteiger partial charge in [0.15, 0.2) is 0 Å². The molecule has 0 amide bonds. The Balaban J connectivity index is 2.96. The lowest BCUT2D eigenvalue weighted by Gasteiger charge is -2.25. The van der Waals surface area contributed by atoms with Crippen LogP contribution in [-0.4, -0.2) is 56.1 Å². The van der Waals surface area contributed by atoms with E-state index in [2.05, 4.69) is 58.0 Å². The smallest absolute Gasteiger partial charge is 0.478 e. The highest BCUT2D eigenvalue weighted by Gasteiger charge is 2.42. The average Bonchev–Trinajstić information content (AvgIpc) is 2.77. The molecule has 0 saturated heterocycles. The van der Waals surface area contributed by atoms with Crippen molar-refractivity contribution in [1.29, 1.82) is 0 Å². The Bertz CT molecular complexity index is 469. The van der Waals surface area contributed by atoms with Gasteiger partial charge in [0.05, 0.1) is 0 Å². The van der Waals surface area contributed by atoms with Crippen LogP contribution in [0, 0.1) is 0 Å². The Morgan fingerprint density at radius 2 is 1.07 bits per heavy atom. The van der Waals surface area contributed by atoms with Crippen LogP contribution in [0.25, 0.3) is 0 Å². The molecule has 0 radical (unpaired) electrons. The first-order valence-corrected chi connectivity index (χ1v) is 15.6. The van der Waals surface area contributed by atoms with E-state index in [1.54, 1.807) is 0 Å². The summed E-state index contributed by atoms with van der Waals surface area (Å²) in [5, 5.41) is 0.937. The summed E-state index contributed by atoms with van der Waals surface area (Å²) in [4.78, 5) is 0. The first-order valence-electron chi connectivity index (χ1n) is 12.3. The summed E-state index contributed by atoms with van der Waals surface area (Å²) in [6.45, 7) is 12.0. The highest BCUT2D eigenvalue weighted by Crippen LogP contribution is 2.27. The Morgan fingerprint density at radius 3 is 1.50 bits per heavy atom. The van der Waals surface area contributed by atoms with Gasteiger partial charge in [0, 0.05) is 26.4 Å². The zero-order valence-corrected chi connectivity index (χ0v) is 22.3. The Kier molecular flexibility index (Phi) is 18.6.